The van der Waals surface area contributed by atoms with Crippen LogP contribution in [0.1, 0.15) is 12.8 Å². The zero-order valence-corrected chi connectivity index (χ0v) is 15.6. The molecule has 2 aromatic carbocycles. The minimum absolute atomic E-state index is 0.0419. The van der Waals surface area contributed by atoms with E-state index in [0.29, 0.717) is 19.2 Å². The molecule has 1 heterocycles. The van der Waals surface area contributed by atoms with Gasteiger partial charge in [0.25, 0.3) is 5.69 Å². The highest BCUT2D eigenvalue weighted by molar-refractivity contribution is 7.91. The fourth-order valence-electron chi connectivity index (χ4n) is 3.28. The predicted molar refractivity (Wildman–Crippen MR) is 102 cm³/mol. The molecule has 3 rings (SSSR count). The van der Waals surface area contributed by atoms with Gasteiger partial charge in [-0.1, -0.05) is 18.2 Å². The Kier molecular flexibility index (Phi) is 5.78. The molecular weight excluding hydrogens is 392 g/mol. The number of piperidine rings is 1. The smallest absolute Gasteiger partial charge is 0.341 e. The Hall–Kier alpha value is -2.75. The van der Waals surface area contributed by atoms with E-state index < -0.39 is 31.1 Å². The van der Waals surface area contributed by atoms with Gasteiger partial charge in [-0.2, -0.15) is 8.78 Å². The first-order valence-corrected chi connectivity index (χ1v) is 10.2. The summed E-state index contributed by atoms with van der Waals surface area (Å²) >= 11 is 0. The summed E-state index contributed by atoms with van der Waals surface area (Å²) in [6.45, 7) is 1.02. The van der Waals surface area contributed by atoms with Crippen molar-refractivity contribution in [1.29, 1.82) is 0 Å². The van der Waals surface area contributed by atoms with E-state index in [0.717, 1.165) is 24.6 Å². The van der Waals surface area contributed by atoms with Crippen LogP contribution in [0.15, 0.2) is 53.4 Å². The number of halogens is 2. The van der Waals surface area contributed by atoms with Gasteiger partial charge in [0.15, 0.2) is 0 Å². The van der Waals surface area contributed by atoms with Gasteiger partial charge >= 0.3 is 5.76 Å². The maximum atomic E-state index is 12.8. The van der Waals surface area contributed by atoms with Gasteiger partial charge in [-0.3, -0.25) is 10.1 Å². The molecule has 0 aliphatic carbocycles. The van der Waals surface area contributed by atoms with Crippen LogP contribution in [0.2, 0.25) is 0 Å². The highest BCUT2D eigenvalue weighted by Gasteiger charge is 2.31. The standard InChI is InChI=1S/C18H19F2N3O4S/c19-18(20)28(26,27)15-8-9-16(17(11-15)23(24)25)22-10-4-7-14(12-22)21-13-5-2-1-3-6-13/h1-3,5-6,8-9,11,14,18,21H,4,7,10,12H2. The Morgan fingerprint density at radius 2 is 1.89 bits per heavy atom. The van der Waals surface area contributed by atoms with E-state index in [2.05, 4.69) is 5.32 Å². The van der Waals surface area contributed by atoms with Crippen LogP contribution < -0.4 is 10.2 Å². The molecule has 0 spiro atoms. The molecule has 1 N–H and O–H groups in total. The first-order valence-electron chi connectivity index (χ1n) is 8.66. The van der Waals surface area contributed by atoms with E-state index in [9.17, 15) is 27.3 Å². The van der Waals surface area contributed by atoms with Gasteiger partial charge < -0.3 is 10.2 Å². The number of para-hydroxylation sites is 1. The fraction of sp³-hybridized carbons (Fsp3) is 0.333. The lowest BCUT2D eigenvalue weighted by atomic mass is 10.0. The summed E-state index contributed by atoms with van der Waals surface area (Å²) in [5.41, 5.74) is 0.655. The minimum atomic E-state index is -4.90. The first-order chi connectivity index (χ1) is 13.3. The molecule has 0 radical (unpaired) electrons. The zero-order valence-electron chi connectivity index (χ0n) is 14.8. The maximum absolute atomic E-state index is 12.8. The number of nitrogens with one attached hydrogen (secondary N) is 1. The lowest BCUT2D eigenvalue weighted by Gasteiger charge is -2.35. The van der Waals surface area contributed by atoms with Crippen LogP contribution in [0.4, 0.5) is 25.8 Å². The van der Waals surface area contributed by atoms with Crippen molar-refractivity contribution in [2.75, 3.05) is 23.3 Å². The van der Waals surface area contributed by atoms with E-state index in [1.165, 1.54) is 6.07 Å². The zero-order chi connectivity index (χ0) is 20.3. The summed E-state index contributed by atoms with van der Waals surface area (Å²) in [5, 5.41) is 14.8. The number of benzene rings is 2. The Balaban J connectivity index is 1.86. The summed E-state index contributed by atoms with van der Waals surface area (Å²) < 4.78 is 48.8. The number of hydrogen-bond acceptors (Lipinski definition) is 6. The number of nitro benzene ring substituents is 1. The van der Waals surface area contributed by atoms with Gasteiger partial charge in [0.2, 0.25) is 9.84 Å². The second-order valence-corrected chi connectivity index (χ2v) is 8.43. The normalized spacial score (nSPS) is 17.5. The van der Waals surface area contributed by atoms with E-state index in [1.54, 1.807) is 4.90 Å². The van der Waals surface area contributed by atoms with E-state index in [-0.39, 0.29) is 11.7 Å². The van der Waals surface area contributed by atoms with Crippen molar-refractivity contribution in [2.45, 2.75) is 29.5 Å². The summed E-state index contributed by atoms with van der Waals surface area (Å²) in [7, 11) is -4.90. The Morgan fingerprint density at radius 3 is 2.54 bits per heavy atom. The van der Waals surface area contributed by atoms with Crippen LogP contribution in [0, 0.1) is 10.1 Å². The van der Waals surface area contributed by atoms with Crippen LogP contribution in [0.5, 0.6) is 0 Å². The molecule has 1 aliphatic rings. The van der Waals surface area contributed by atoms with Crippen LogP contribution >= 0.6 is 0 Å². The third-order valence-electron chi connectivity index (χ3n) is 4.61. The second kappa shape index (κ2) is 8.09. The number of hydrogen-bond donors (Lipinski definition) is 1. The maximum Gasteiger partial charge on any atom is 0.341 e. The van der Waals surface area contributed by atoms with Gasteiger partial charge in [0.05, 0.1) is 9.82 Å². The van der Waals surface area contributed by atoms with Crippen molar-refractivity contribution >= 4 is 26.9 Å². The largest absolute Gasteiger partial charge is 0.381 e. The molecule has 150 valence electrons. The highest BCUT2D eigenvalue weighted by atomic mass is 32.2. The van der Waals surface area contributed by atoms with Crippen molar-refractivity contribution in [3.05, 3.63) is 58.6 Å². The molecular formula is C18H19F2N3O4S. The van der Waals surface area contributed by atoms with Crippen LogP contribution in [-0.2, 0) is 9.84 Å². The fourth-order valence-corrected chi connectivity index (χ4v) is 4.02. The predicted octanol–water partition coefficient (Wildman–Crippen LogP) is 3.67. The van der Waals surface area contributed by atoms with Crippen molar-refractivity contribution in [3.8, 4) is 0 Å². The summed E-state index contributed by atoms with van der Waals surface area (Å²) in [5.74, 6) is -3.63. The van der Waals surface area contributed by atoms with E-state index in [1.807, 2.05) is 30.3 Å². The number of rotatable bonds is 6. The van der Waals surface area contributed by atoms with Crippen LogP contribution in [-0.4, -0.2) is 38.2 Å². The average Bonchev–Trinajstić information content (AvgIpc) is 2.68. The molecule has 1 unspecified atom stereocenters. The van der Waals surface area contributed by atoms with Crippen LogP contribution in [0.3, 0.4) is 0 Å². The number of nitro groups is 1. The number of anilines is 2. The molecule has 7 nitrogen and oxygen atoms in total. The third-order valence-corrected chi connectivity index (χ3v) is 5.99. The summed E-state index contributed by atoms with van der Waals surface area (Å²) in [6.07, 6.45) is 1.65. The van der Waals surface area contributed by atoms with Gasteiger partial charge in [0, 0.05) is 30.9 Å². The lowest BCUT2D eigenvalue weighted by molar-refractivity contribution is -0.384. The monoisotopic (exact) mass is 411 g/mol. The SMILES string of the molecule is O=[N+]([O-])c1cc(S(=O)(=O)C(F)F)ccc1N1CCCC(Nc2ccccc2)C1. The van der Waals surface area contributed by atoms with Crippen molar-refractivity contribution in [1.82, 2.24) is 0 Å². The average molecular weight is 411 g/mol. The molecule has 2 aromatic rings. The highest BCUT2D eigenvalue weighted by Crippen LogP contribution is 2.34. The first kappa shape index (κ1) is 20.0. The molecule has 28 heavy (non-hydrogen) atoms. The Labute approximate surface area is 161 Å². The molecule has 0 amide bonds. The molecule has 10 heteroatoms. The quantitative estimate of drug-likeness (QED) is 0.576. The summed E-state index contributed by atoms with van der Waals surface area (Å²) in [6, 6.07) is 12.5. The van der Waals surface area contributed by atoms with Gasteiger partial charge in [0.1, 0.15) is 5.69 Å². The molecule has 0 bridgehead atoms. The number of alkyl halides is 2. The van der Waals surface area contributed by atoms with Crippen molar-refractivity contribution in [2.24, 2.45) is 0 Å². The Bertz CT molecular complexity index is 955. The van der Waals surface area contributed by atoms with Gasteiger partial charge in [-0.05, 0) is 37.1 Å². The topological polar surface area (TPSA) is 92.5 Å². The van der Waals surface area contributed by atoms with E-state index in [4.69, 9.17) is 0 Å². The number of sulfone groups is 1. The molecule has 0 saturated carbocycles. The molecule has 1 saturated heterocycles. The molecule has 0 aromatic heterocycles. The minimum Gasteiger partial charge on any atom is -0.381 e. The van der Waals surface area contributed by atoms with Crippen molar-refractivity contribution < 1.29 is 22.1 Å². The third kappa shape index (κ3) is 4.22. The molecule has 1 fully saturated rings. The van der Waals surface area contributed by atoms with Crippen LogP contribution in [0.25, 0.3) is 0 Å². The molecule has 1 aliphatic heterocycles. The van der Waals surface area contributed by atoms with Gasteiger partial charge in [-0.25, -0.2) is 8.42 Å². The van der Waals surface area contributed by atoms with Gasteiger partial charge in [-0.15, -0.1) is 0 Å². The molecule has 1 atom stereocenters. The Morgan fingerprint density at radius 1 is 1.18 bits per heavy atom. The second-order valence-electron chi connectivity index (χ2n) is 6.51. The number of nitrogens with zero attached hydrogens (tertiary/aromatic N) is 2. The lowest BCUT2D eigenvalue weighted by Crippen LogP contribution is -2.42. The summed E-state index contributed by atoms with van der Waals surface area (Å²) in [4.78, 5) is 11.7. The van der Waals surface area contributed by atoms with Crippen molar-refractivity contribution in [3.63, 3.8) is 0 Å². The van der Waals surface area contributed by atoms with E-state index >= 15 is 0 Å².